The number of hydrogen-bond acceptors (Lipinski definition) is 6. The maximum absolute atomic E-state index is 12.9. The van der Waals surface area contributed by atoms with E-state index in [2.05, 4.69) is 4.98 Å². The lowest BCUT2D eigenvalue weighted by atomic mass is 10.2. The lowest BCUT2D eigenvalue weighted by Gasteiger charge is -2.34. The molecule has 0 unspecified atom stereocenters. The first-order chi connectivity index (χ1) is 13.8. The van der Waals surface area contributed by atoms with E-state index in [-0.39, 0.29) is 48.6 Å². The van der Waals surface area contributed by atoms with E-state index in [4.69, 9.17) is 4.74 Å². The third-order valence-corrected chi connectivity index (χ3v) is 6.62. The summed E-state index contributed by atoms with van der Waals surface area (Å²) in [4.78, 5) is 30.0. The van der Waals surface area contributed by atoms with Crippen LogP contribution in [-0.4, -0.2) is 67.1 Å². The van der Waals surface area contributed by atoms with Crippen LogP contribution in [0.1, 0.15) is 34.6 Å². The molecule has 0 N–H and O–H groups in total. The predicted molar refractivity (Wildman–Crippen MR) is 107 cm³/mol. The normalized spacial score (nSPS) is 15.2. The molecule has 0 spiro atoms. The van der Waals surface area contributed by atoms with Gasteiger partial charge in [-0.05, 0) is 38.1 Å². The topological polar surface area (TPSA) is 96.9 Å². The van der Waals surface area contributed by atoms with Gasteiger partial charge in [0.2, 0.25) is 15.9 Å². The smallest absolute Gasteiger partial charge is 0.259 e. The summed E-state index contributed by atoms with van der Waals surface area (Å²) in [6.07, 6.45) is 1.56. The third kappa shape index (κ3) is 4.46. The second-order valence-electron chi connectivity index (χ2n) is 6.57. The molecule has 1 aliphatic rings. The summed E-state index contributed by atoms with van der Waals surface area (Å²) in [6, 6.07) is 9.21. The summed E-state index contributed by atoms with van der Waals surface area (Å²) in [5, 5.41) is 0. The first kappa shape index (κ1) is 20.9. The van der Waals surface area contributed by atoms with Crippen LogP contribution in [0.25, 0.3) is 0 Å². The Hall–Kier alpha value is -2.78. The molecule has 29 heavy (non-hydrogen) atoms. The number of amides is 1. The van der Waals surface area contributed by atoms with Crippen LogP contribution in [0.5, 0.6) is 5.88 Å². The van der Waals surface area contributed by atoms with Crippen molar-refractivity contribution in [3.63, 3.8) is 0 Å². The van der Waals surface area contributed by atoms with Crippen molar-refractivity contribution in [1.82, 2.24) is 14.2 Å². The number of benzene rings is 1. The van der Waals surface area contributed by atoms with Crippen LogP contribution < -0.4 is 4.74 Å². The van der Waals surface area contributed by atoms with Gasteiger partial charge in [-0.25, -0.2) is 13.4 Å². The molecule has 0 bridgehead atoms. The van der Waals surface area contributed by atoms with E-state index < -0.39 is 10.0 Å². The van der Waals surface area contributed by atoms with Crippen molar-refractivity contribution in [1.29, 1.82) is 0 Å². The molecule has 0 saturated carbocycles. The average molecular weight is 417 g/mol. The van der Waals surface area contributed by atoms with Crippen molar-refractivity contribution in [2.24, 2.45) is 0 Å². The van der Waals surface area contributed by atoms with E-state index in [0.29, 0.717) is 17.7 Å². The largest absolute Gasteiger partial charge is 0.477 e. The lowest BCUT2D eigenvalue weighted by Crippen LogP contribution is -2.50. The van der Waals surface area contributed by atoms with Gasteiger partial charge in [-0.2, -0.15) is 4.31 Å². The standard InChI is InChI=1S/C20H23N3O5S/c1-3-28-19-18(5-4-10-21-19)20(25)22-11-13-23(14-12-22)29(26,27)17-8-6-16(7-9-17)15(2)24/h4-10H,3,11-14H2,1-2H3. The lowest BCUT2D eigenvalue weighted by molar-refractivity contribution is 0.0692. The number of nitrogens with zero attached hydrogens (tertiary/aromatic N) is 3. The highest BCUT2D eigenvalue weighted by atomic mass is 32.2. The number of pyridine rings is 1. The van der Waals surface area contributed by atoms with Crippen LogP contribution in [0.2, 0.25) is 0 Å². The summed E-state index contributed by atoms with van der Waals surface area (Å²) >= 11 is 0. The highest BCUT2D eigenvalue weighted by molar-refractivity contribution is 7.89. The summed E-state index contributed by atoms with van der Waals surface area (Å²) in [5.41, 5.74) is 0.825. The number of aromatic nitrogens is 1. The summed E-state index contributed by atoms with van der Waals surface area (Å²) in [7, 11) is -3.69. The Bertz CT molecular complexity index is 997. The van der Waals surface area contributed by atoms with Gasteiger partial charge < -0.3 is 9.64 Å². The molecule has 1 fully saturated rings. The molecule has 1 aliphatic heterocycles. The molecule has 2 aromatic rings. The van der Waals surface area contributed by atoms with Crippen molar-refractivity contribution in [2.75, 3.05) is 32.8 Å². The molecule has 2 heterocycles. The van der Waals surface area contributed by atoms with Crippen molar-refractivity contribution < 1.29 is 22.7 Å². The molecule has 1 aromatic carbocycles. The van der Waals surface area contributed by atoms with Crippen LogP contribution in [0, 0.1) is 0 Å². The van der Waals surface area contributed by atoms with Crippen molar-refractivity contribution >= 4 is 21.7 Å². The molecule has 0 radical (unpaired) electrons. The number of sulfonamides is 1. The van der Waals surface area contributed by atoms with Gasteiger partial charge in [0.05, 0.1) is 11.5 Å². The zero-order valence-corrected chi connectivity index (χ0v) is 17.2. The Morgan fingerprint density at radius 1 is 1.07 bits per heavy atom. The number of carbonyl (C=O) groups is 2. The van der Waals surface area contributed by atoms with Gasteiger partial charge in [-0.1, -0.05) is 12.1 Å². The van der Waals surface area contributed by atoms with Crippen LogP contribution >= 0.6 is 0 Å². The van der Waals surface area contributed by atoms with E-state index in [9.17, 15) is 18.0 Å². The van der Waals surface area contributed by atoms with Crippen LogP contribution in [-0.2, 0) is 10.0 Å². The van der Waals surface area contributed by atoms with Crippen molar-refractivity contribution in [3.8, 4) is 5.88 Å². The zero-order valence-electron chi connectivity index (χ0n) is 16.4. The zero-order chi connectivity index (χ0) is 21.0. The number of piperazine rings is 1. The minimum absolute atomic E-state index is 0.122. The maximum atomic E-state index is 12.9. The number of rotatable bonds is 6. The highest BCUT2D eigenvalue weighted by Gasteiger charge is 2.31. The molecule has 3 rings (SSSR count). The molecule has 1 amide bonds. The monoisotopic (exact) mass is 417 g/mol. The Labute approximate surface area is 170 Å². The molecule has 1 saturated heterocycles. The Morgan fingerprint density at radius 3 is 2.31 bits per heavy atom. The minimum Gasteiger partial charge on any atom is -0.477 e. The number of ether oxygens (including phenoxy) is 1. The molecular weight excluding hydrogens is 394 g/mol. The number of carbonyl (C=O) groups excluding carboxylic acids is 2. The van der Waals surface area contributed by atoms with Gasteiger partial charge in [0.15, 0.2) is 5.78 Å². The predicted octanol–water partition coefficient (Wildman–Crippen LogP) is 1.83. The van der Waals surface area contributed by atoms with E-state index in [1.54, 1.807) is 23.2 Å². The first-order valence-corrected chi connectivity index (χ1v) is 10.8. The van der Waals surface area contributed by atoms with Crippen LogP contribution in [0.15, 0.2) is 47.5 Å². The number of hydrogen-bond donors (Lipinski definition) is 0. The molecular formula is C20H23N3O5S. The van der Waals surface area contributed by atoms with Gasteiger partial charge >= 0.3 is 0 Å². The van der Waals surface area contributed by atoms with Gasteiger partial charge in [0.1, 0.15) is 5.56 Å². The Morgan fingerprint density at radius 2 is 1.72 bits per heavy atom. The fourth-order valence-electron chi connectivity index (χ4n) is 3.12. The Kier molecular flexibility index (Phi) is 6.29. The summed E-state index contributed by atoms with van der Waals surface area (Å²) in [6.45, 7) is 4.55. The minimum atomic E-state index is -3.69. The van der Waals surface area contributed by atoms with Gasteiger partial charge in [0, 0.05) is 37.9 Å². The van der Waals surface area contributed by atoms with Gasteiger partial charge in [-0.15, -0.1) is 0 Å². The number of ketones is 1. The maximum Gasteiger partial charge on any atom is 0.259 e. The molecule has 8 nitrogen and oxygen atoms in total. The number of Topliss-reactive ketones (excluding diaryl/α,β-unsaturated/α-hetero) is 1. The van der Waals surface area contributed by atoms with Crippen LogP contribution in [0.4, 0.5) is 0 Å². The first-order valence-electron chi connectivity index (χ1n) is 9.33. The third-order valence-electron chi connectivity index (χ3n) is 4.71. The van der Waals surface area contributed by atoms with E-state index in [1.807, 2.05) is 6.92 Å². The van der Waals surface area contributed by atoms with Crippen LogP contribution in [0.3, 0.4) is 0 Å². The molecule has 0 atom stereocenters. The van der Waals surface area contributed by atoms with Gasteiger partial charge in [-0.3, -0.25) is 9.59 Å². The fraction of sp³-hybridized carbons (Fsp3) is 0.350. The van der Waals surface area contributed by atoms with Crippen molar-refractivity contribution in [3.05, 3.63) is 53.7 Å². The van der Waals surface area contributed by atoms with Crippen molar-refractivity contribution in [2.45, 2.75) is 18.7 Å². The average Bonchev–Trinajstić information content (AvgIpc) is 2.74. The van der Waals surface area contributed by atoms with E-state index >= 15 is 0 Å². The quantitative estimate of drug-likeness (QED) is 0.665. The molecule has 0 aliphatic carbocycles. The molecule has 9 heteroatoms. The fourth-order valence-corrected chi connectivity index (χ4v) is 4.54. The molecule has 154 valence electrons. The summed E-state index contributed by atoms with van der Waals surface area (Å²) < 4.78 is 32.5. The second kappa shape index (κ2) is 8.71. The SMILES string of the molecule is CCOc1ncccc1C(=O)N1CCN(S(=O)(=O)c2ccc(C(C)=O)cc2)CC1. The van der Waals surface area contributed by atoms with E-state index in [1.165, 1.54) is 35.5 Å². The van der Waals surface area contributed by atoms with E-state index in [0.717, 1.165) is 0 Å². The molecule has 1 aromatic heterocycles. The highest BCUT2D eigenvalue weighted by Crippen LogP contribution is 2.21. The van der Waals surface area contributed by atoms with Gasteiger partial charge in [0.25, 0.3) is 5.91 Å². The Balaban J connectivity index is 1.70. The summed E-state index contributed by atoms with van der Waals surface area (Å²) in [5.74, 6) is -0.0760. The second-order valence-corrected chi connectivity index (χ2v) is 8.50.